The Morgan fingerprint density at radius 1 is 1.05 bits per heavy atom. The topological polar surface area (TPSA) is 143 Å². The molecule has 0 radical (unpaired) electrons. The molecule has 2 amide bonds. The summed E-state index contributed by atoms with van der Waals surface area (Å²) in [5.41, 5.74) is -0.217. The summed E-state index contributed by atoms with van der Waals surface area (Å²) in [6.45, 7) is 2.36. The number of benzene rings is 2. The molecular weight excluding hydrogens is 749 g/mol. The lowest BCUT2D eigenvalue weighted by Gasteiger charge is -2.33. The Balaban J connectivity index is 1.40. The second-order valence-corrected chi connectivity index (χ2v) is 14.7. The molecule has 1 aliphatic rings. The second-order valence-electron chi connectivity index (χ2n) is 14.3. The van der Waals surface area contributed by atoms with E-state index in [2.05, 4.69) is 20.4 Å². The lowest BCUT2D eigenvalue weighted by Crippen LogP contribution is -2.50. The van der Waals surface area contributed by atoms with E-state index in [1.54, 1.807) is 30.5 Å². The van der Waals surface area contributed by atoms with E-state index in [0.29, 0.717) is 16.7 Å². The van der Waals surface area contributed by atoms with Crippen LogP contribution in [0.2, 0.25) is 5.02 Å². The highest BCUT2D eigenvalue weighted by atomic mass is 35.5. The average Bonchev–Trinajstić information content (AvgIpc) is 3.55. The van der Waals surface area contributed by atoms with Gasteiger partial charge in [0.05, 0.1) is 23.0 Å². The predicted molar refractivity (Wildman–Crippen MR) is 194 cm³/mol. The number of hydrogen-bond donors (Lipinski definition) is 3. The highest BCUT2D eigenvalue weighted by Crippen LogP contribution is 2.49. The van der Waals surface area contributed by atoms with Crippen molar-refractivity contribution in [1.82, 2.24) is 39.7 Å². The highest BCUT2D eigenvalue weighted by Gasteiger charge is 2.64. The van der Waals surface area contributed by atoms with Crippen LogP contribution in [0.4, 0.5) is 26.7 Å². The minimum absolute atomic E-state index is 0.0175. The Kier molecular flexibility index (Phi) is 10.9. The van der Waals surface area contributed by atoms with Gasteiger partial charge in [-0.1, -0.05) is 56.6 Å². The quantitative estimate of drug-likeness (QED) is 0.0695. The number of fused-ring (bicyclic) bond motifs is 1. The molecule has 3 N–H and O–H groups in total. The number of amides is 2. The van der Waals surface area contributed by atoms with Crippen molar-refractivity contribution in [3.05, 3.63) is 95.5 Å². The summed E-state index contributed by atoms with van der Waals surface area (Å²) < 4.78 is 76.4. The summed E-state index contributed by atoms with van der Waals surface area (Å²) in [4.78, 5) is 36.8. The fourth-order valence-electron chi connectivity index (χ4n) is 5.93. The number of pyridine rings is 1. The molecule has 12 nitrogen and oxygen atoms in total. The molecule has 3 heterocycles. The fourth-order valence-corrected chi connectivity index (χ4v) is 6.13. The van der Waals surface area contributed by atoms with E-state index in [4.69, 9.17) is 21.7 Å². The first-order chi connectivity index (χ1) is 26.0. The molecule has 2 aromatic carbocycles. The third-order valence-electron chi connectivity index (χ3n) is 9.16. The van der Waals surface area contributed by atoms with Crippen molar-refractivity contribution in [1.29, 1.82) is 5.41 Å². The summed E-state index contributed by atoms with van der Waals surface area (Å²) in [6.07, 6.45) is -1.79. The molecule has 3 aromatic heterocycles. The number of hydrogen-bond acceptors (Lipinski definition) is 7. The van der Waals surface area contributed by atoms with Crippen LogP contribution in [0, 0.1) is 10.8 Å². The van der Waals surface area contributed by atoms with Crippen molar-refractivity contribution in [2.45, 2.75) is 64.3 Å². The minimum atomic E-state index is -4.73. The smallest absolute Gasteiger partial charge is 0.411 e. The van der Waals surface area contributed by atoms with E-state index >= 15 is 0 Å². The van der Waals surface area contributed by atoms with Gasteiger partial charge in [0.15, 0.2) is 11.8 Å². The average molecular weight is 786 g/mol. The molecule has 0 aliphatic heterocycles. The second kappa shape index (κ2) is 15.3. The van der Waals surface area contributed by atoms with Gasteiger partial charge < -0.3 is 15.4 Å². The molecule has 1 fully saturated rings. The molecule has 6 rings (SSSR count). The van der Waals surface area contributed by atoms with Crippen LogP contribution in [0.1, 0.15) is 68.5 Å². The molecule has 1 saturated carbocycles. The highest BCUT2D eigenvalue weighted by molar-refractivity contribution is 6.33. The van der Waals surface area contributed by atoms with E-state index in [1.165, 1.54) is 18.2 Å². The van der Waals surface area contributed by atoms with Crippen LogP contribution in [-0.2, 0) is 4.74 Å². The third-order valence-corrected chi connectivity index (χ3v) is 9.49. The Morgan fingerprint density at radius 3 is 2.44 bits per heavy atom. The predicted octanol–water partition coefficient (Wildman–Crippen LogP) is 8.27. The number of alkyl carbamates (subject to hydrolysis) is 1. The maximum Gasteiger partial charge on any atom is 0.411 e. The molecule has 5 aromatic rings. The Hall–Kier alpha value is -5.58. The molecule has 0 spiro atoms. The first-order valence-electron chi connectivity index (χ1n) is 17.2. The standard InChI is InChI=1S/C37H37ClF5N9O3/c1-35(2,3)15-16-45-33(44)51(31(53)23-9-7-22(8-10-23)27-19-46-29-6-4-5-17-50(27)29)28(20-55-34(54)49-36(13-14-36)37(41,42)43)24-11-12-26(38)25(18-24)30-47-21-48-52(30)32(39)40/h4-12,17-19,21,28,32H,13-16,20H2,1-3H3,(H2,44,45)(H,49,54)/t28-/m1/s1. The number of carbonyl (C=O) groups excluding carboxylic acids is 2. The number of guanidine groups is 1. The van der Waals surface area contributed by atoms with Gasteiger partial charge in [0.25, 0.3) is 5.91 Å². The van der Waals surface area contributed by atoms with Crippen LogP contribution in [0.15, 0.2) is 79.4 Å². The number of nitrogens with one attached hydrogen (secondary N) is 3. The first kappa shape index (κ1) is 39.1. The number of rotatable bonds is 11. The third kappa shape index (κ3) is 8.56. The largest absolute Gasteiger partial charge is 0.447 e. The number of ether oxygens (including phenoxy) is 1. The van der Waals surface area contributed by atoms with Crippen LogP contribution >= 0.6 is 11.6 Å². The summed E-state index contributed by atoms with van der Waals surface area (Å²) in [6, 6.07) is 14.7. The van der Waals surface area contributed by atoms with Crippen molar-refractivity contribution in [2.24, 2.45) is 5.41 Å². The number of imidazole rings is 1. The molecule has 55 heavy (non-hydrogen) atoms. The van der Waals surface area contributed by atoms with Gasteiger partial charge in [-0.15, -0.1) is 0 Å². The maximum atomic E-state index is 14.6. The van der Waals surface area contributed by atoms with E-state index in [0.717, 1.165) is 22.5 Å². The Morgan fingerprint density at radius 2 is 1.78 bits per heavy atom. The van der Waals surface area contributed by atoms with Gasteiger partial charge in [0.2, 0.25) is 0 Å². The number of aromatic nitrogens is 5. The minimum Gasteiger partial charge on any atom is -0.447 e. The monoisotopic (exact) mass is 785 g/mol. The van der Waals surface area contributed by atoms with Crippen molar-refractivity contribution < 1.29 is 36.3 Å². The molecule has 0 bridgehead atoms. The molecule has 290 valence electrons. The Labute approximate surface area is 317 Å². The van der Waals surface area contributed by atoms with Gasteiger partial charge in [-0.25, -0.2) is 14.8 Å². The number of nitrogens with zero attached hydrogens (tertiary/aromatic N) is 6. The molecule has 0 saturated heterocycles. The Bertz CT molecular complexity index is 2190. The van der Waals surface area contributed by atoms with Gasteiger partial charge in [0, 0.05) is 29.4 Å². The molecule has 18 heteroatoms. The van der Waals surface area contributed by atoms with Gasteiger partial charge in [-0.2, -0.15) is 31.7 Å². The van der Waals surface area contributed by atoms with Crippen LogP contribution < -0.4 is 10.6 Å². The number of halogens is 6. The zero-order chi connectivity index (χ0) is 39.7. The van der Waals surface area contributed by atoms with Crippen LogP contribution in [-0.4, -0.2) is 71.9 Å². The zero-order valence-electron chi connectivity index (χ0n) is 29.9. The summed E-state index contributed by atoms with van der Waals surface area (Å²) >= 11 is 6.45. The van der Waals surface area contributed by atoms with Gasteiger partial charge in [-0.05, 0) is 66.6 Å². The van der Waals surface area contributed by atoms with E-state index in [1.807, 2.05) is 54.9 Å². The van der Waals surface area contributed by atoms with Crippen molar-refractivity contribution in [3.8, 4) is 22.6 Å². The zero-order valence-corrected chi connectivity index (χ0v) is 30.6. The van der Waals surface area contributed by atoms with Gasteiger partial charge >= 0.3 is 18.8 Å². The van der Waals surface area contributed by atoms with Crippen molar-refractivity contribution in [2.75, 3.05) is 13.2 Å². The SMILES string of the molecule is CC(C)(C)CCNC(=N)N(C(=O)c1ccc(-c2cnc3ccccn23)cc1)[C@H](COC(=O)NC1(C(F)(F)F)CC1)c1ccc(Cl)c(-c2ncnn2C(F)F)c1. The maximum absolute atomic E-state index is 14.6. The first-order valence-corrected chi connectivity index (χ1v) is 17.5. The van der Waals surface area contributed by atoms with Crippen LogP contribution in [0.3, 0.4) is 0 Å². The van der Waals surface area contributed by atoms with E-state index < -0.39 is 48.9 Å². The summed E-state index contributed by atoms with van der Waals surface area (Å²) in [5, 5.41) is 17.5. The normalized spacial score (nSPS) is 14.4. The lowest BCUT2D eigenvalue weighted by molar-refractivity contribution is -0.164. The van der Waals surface area contributed by atoms with Gasteiger partial charge in [-0.3, -0.25) is 19.5 Å². The van der Waals surface area contributed by atoms with Gasteiger partial charge in [0.1, 0.15) is 24.1 Å². The lowest BCUT2D eigenvalue weighted by atomic mass is 9.92. The summed E-state index contributed by atoms with van der Waals surface area (Å²) in [7, 11) is 0. The number of alkyl halides is 5. The van der Waals surface area contributed by atoms with Crippen LogP contribution in [0.5, 0.6) is 0 Å². The molecule has 0 unspecified atom stereocenters. The van der Waals surface area contributed by atoms with E-state index in [9.17, 15) is 31.5 Å². The molecule has 1 aliphatic carbocycles. The fraction of sp³-hybridized carbons (Fsp3) is 0.351. The summed E-state index contributed by atoms with van der Waals surface area (Å²) in [5.74, 6) is -1.48. The number of carbonyl (C=O) groups is 2. The molecular formula is C37H37ClF5N9O3. The van der Waals surface area contributed by atoms with Crippen LogP contribution in [0.25, 0.3) is 28.3 Å². The van der Waals surface area contributed by atoms with E-state index in [-0.39, 0.29) is 52.3 Å². The van der Waals surface area contributed by atoms with Crippen molar-refractivity contribution >= 4 is 35.2 Å². The van der Waals surface area contributed by atoms with Crippen molar-refractivity contribution in [3.63, 3.8) is 0 Å². The molecule has 1 atom stereocenters.